The van der Waals surface area contributed by atoms with Gasteiger partial charge in [0.1, 0.15) is 12.6 Å². The second-order valence-corrected chi connectivity index (χ2v) is 9.14. The predicted octanol–water partition coefficient (Wildman–Crippen LogP) is 3.77. The number of hydrogen-bond donors (Lipinski definition) is 2. The Morgan fingerprint density at radius 1 is 0.939 bits per heavy atom. The molecule has 2 amide bonds. The fraction of sp³-hybridized carbons (Fsp3) is 0.423. The molecule has 1 saturated carbocycles. The summed E-state index contributed by atoms with van der Waals surface area (Å²) in [6, 6.07) is 15.3. The lowest BCUT2D eigenvalue weighted by Gasteiger charge is -2.42. The first-order valence-corrected chi connectivity index (χ1v) is 11.7. The first-order valence-electron chi connectivity index (χ1n) is 11.7. The minimum atomic E-state index is -0.966. The second-order valence-electron chi connectivity index (χ2n) is 9.14. The van der Waals surface area contributed by atoms with Crippen molar-refractivity contribution < 1.29 is 24.2 Å². The Labute approximate surface area is 192 Å². The molecule has 2 fully saturated rings. The van der Waals surface area contributed by atoms with E-state index in [1.165, 1.54) is 16.0 Å². The van der Waals surface area contributed by atoms with Gasteiger partial charge in [0.05, 0.1) is 5.92 Å². The number of rotatable bonds is 5. The number of nitrogens with zero attached hydrogens (tertiary/aromatic N) is 1. The molecule has 2 aliphatic carbocycles. The quantitative estimate of drug-likeness (QED) is 0.726. The fourth-order valence-electron chi connectivity index (χ4n) is 5.51. The van der Waals surface area contributed by atoms with Crippen molar-refractivity contribution in [2.24, 2.45) is 5.92 Å². The minimum Gasteiger partial charge on any atom is -0.480 e. The molecule has 1 aliphatic heterocycles. The smallest absolute Gasteiger partial charge is 0.407 e. The maximum Gasteiger partial charge on any atom is 0.407 e. The highest BCUT2D eigenvalue weighted by Gasteiger charge is 2.43. The van der Waals surface area contributed by atoms with Crippen LogP contribution in [0.15, 0.2) is 48.5 Å². The van der Waals surface area contributed by atoms with Crippen molar-refractivity contribution in [2.45, 2.75) is 50.1 Å². The summed E-state index contributed by atoms with van der Waals surface area (Å²) in [5.74, 6) is -1.56. The second kappa shape index (κ2) is 8.89. The van der Waals surface area contributed by atoms with Crippen LogP contribution in [0.4, 0.5) is 4.79 Å². The third-order valence-electron chi connectivity index (χ3n) is 7.32. The molecule has 1 saturated heterocycles. The third-order valence-corrected chi connectivity index (χ3v) is 7.32. The summed E-state index contributed by atoms with van der Waals surface area (Å²) >= 11 is 0. The molecule has 0 spiro atoms. The molecule has 1 heterocycles. The summed E-state index contributed by atoms with van der Waals surface area (Å²) in [5.41, 5.74) is 4.63. The molecule has 1 unspecified atom stereocenters. The number of carboxylic acid groups (broad SMARTS) is 1. The first-order chi connectivity index (χ1) is 16.0. The maximum absolute atomic E-state index is 13.0. The zero-order chi connectivity index (χ0) is 22.9. The molecule has 3 atom stereocenters. The summed E-state index contributed by atoms with van der Waals surface area (Å²) in [6.07, 6.45) is 3.10. The Morgan fingerprint density at radius 2 is 1.58 bits per heavy atom. The molecule has 0 aromatic heterocycles. The highest BCUT2D eigenvalue weighted by atomic mass is 16.5. The van der Waals surface area contributed by atoms with Crippen molar-refractivity contribution in [3.05, 3.63) is 59.7 Å². The van der Waals surface area contributed by atoms with Crippen LogP contribution in [0.1, 0.15) is 49.1 Å². The van der Waals surface area contributed by atoms with Crippen molar-refractivity contribution in [2.75, 3.05) is 13.2 Å². The van der Waals surface area contributed by atoms with Gasteiger partial charge in [0.2, 0.25) is 5.91 Å². The summed E-state index contributed by atoms with van der Waals surface area (Å²) in [7, 11) is 0. The Bertz CT molecular complexity index is 1040. The molecule has 2 N–H and O–H groups in total. The van der Waals surface area contributed by atoms with E-state index in [4.69, 9.17) is 4.74 Å². The first kappa shape index (κ1) is 21.5. The molecule has 2 aromatic rings. The van der Waals surface area contributed by atoms with Crippen LogP contribution in [-0.2, 0) is 14.3 Å². The fourth-order valence-corrected chi connectivity index (χ4v) is 5.51. The van der Waals surface area contributed by atoms with Gasteiger partial charge in [-0.25, -0.2) is 9.59 Å². The number of nitrogens with one attached hydrogen (secondary N) is 1. The van der Waals surface area contributed by atoms with Crippen LogP contribution in [0.2, 0.25) is 0 Å². The van der Waals surface area contributed by atoms with Gasteiger partial charge in [-0.2, -0.15) is 0 Å². The topological polar surface area (TPSA) is 95.9 Å². The Kier molecular flexibility index (Phi) is 5.79. The molecule has 7 heteroatoms. The number of carbonyl (C=O) groups excluding carboxylic acids is 2. The van der Waals surface area contributed by atoms with Gasteiger partial charge < -0.3 is 20.1 Å². The highest BCUT2D eigenvalue weighted by Crippen LogP contribution is 2.44. The average molecular weight is 449 g/mol. The van der Waals surface area contributed by atoms with E-state index in [1.807, 2.05) is 24.3 Å². The van der Waals surface area contributed by atoms with Crippen LogP contribution in [0.3, 0.4) is 0 Å². The molecule has 0 radical (unpaired) electrons. The van der Waals surface area contributed by atoms with Crippen LogP contribution >= 0.6 is 0 Å². The maximum atomic E-state index is 13.0. The van der Waals surface area contributed by atoms with Crippen LogP contribution in [0, 0.1) is 5.92 Å². The van der Waals surface area contributed by atoms with Gasteiger partial charge in [-0.1, -0.05) is 61.4 Å². The van der Waals surface area contributed by atoms with Gasteiger partial charge in [-0.15, -0.1) is 0 Å². The van der Waals surface area contributed by atoms with Crippen LogP contribution in [0.5, 0.6) is 0 Å². The third kappa shape index (κ3) is 3.96. The van der Waals surface area contributed by atoms with E-state index in [0.29, 0.717) is 25.8 Å². The number of aliphatic carboxylic acids is 1. The van der Waals surface area contributed by atoms with Gasteiger partial charge >= 0.3 is 12.1 Å². The molecule has 2 aromatic carbocycles. The zero-order valence-corrected chi connectivity index (χ0v) is 18.4. The highest BCUT2D eigenvalue weighted by molar-refractivity contribution is 5.87. The van der Waals surface area contributed by atoms with Crippen molar-refractivity contribution in [3.8, 4) is 11.1 Å². The standard InChI is InChI=1S/C26H28N2O5/c29-24(28-14-13-23(28)25(30)31)20-11-5-6-12-22(20)27-26(32)33-15-21-18-9-3-1-7-16(18)17-8-2-4-10-19(17)21/h1-4,7-10,20-23H,5-6,11-15H2,(H,27,32)(H,30,31)/t20-,22+,23?/m1/s1. The summed E-state index contributed by atoms with van der Waals surface area (Å²) in [4.78, 5) is 38.5. The lowest BCUT2D eigenvalue weighted by molar-refractivity contribution is -0.160. The summed E-state index contributed by atoms with van der Waals surface area (Å²) in [5, 5.41) is 12.2. The van der Waals surface area contributed by atoms with Gasteiger partial charge in [0.25, 0.3) is 0 Å². The van der Waals surface area contributed by atoms with E-state index < -0.39 is 24.0 Å². The normalized spacial score (nSPS) is 23.8. The van der Waals surface area contributed by atoms with E-state index in [2.05, 4.69) is 29.6 Å². The van der Waals surface area contributed by atoms with E-state index in [0.717, 1.165) is 24.0 Å². The number of carboxylic acids is 1. The Hall–Kier alpha value is -3.35. The van der Waals surface area contributed by atoms with Crippen LogP contribution in [0.25, 0.3) is 11.1 Å². The predicted molar refractivity (Wildman–Crippen MR) is 122 cm³/mol. The van der Waals surface area contributed by atoms with Gasteiger partial charge in [0, 0.05) is 18.5 Å². The van der Waals surface area contributed by atoms with E-state index in [9.17, 15) is 19.5 Å². The number of benzene rings is 2. The van der Waals surface area contributed by atoms with Gasteiger partial charge in [0.15, 0.2) is 0 Å². The number of fused-ring (bicyclic) bond motifs is 3. The van der Waals surface area contributed by atoms with E-state index in [1.54, 1.807) is 0 Å². The van der Waals surface area contributed by atoms with Crippen LogP contribution in [-0.4, -0.2) is 53.2 Å². The number of alkyl carbamates (subject to hydrolysis) is 1. The van der Waals surface area contributed by atoms with Crippen molar-refractivity contribution in [3.63, 3.8) is 0 Å². The number of likely N-dealkylation sites (tertiary alicyclic amines) is 1. The zero-order valence-electron chi connectivity index (χ0n) is 18.4. The molecule has 5 rings (SSSR count). The van der Waals surface area contributed by atoms with Crippen molar-refractivity contribution >= 4 is 18.0 Å². The number of carbonyl (C=O) groups is 3. The number of hydrogen-bond acceptors (Lipinski definition) is 4. The molecule has 0 bridgehead atoms. The lowest BCUT2D eigenvalue weighted by atomic mass is 9.82. The van der Waals surface area contributed by atoms with E-state index >= 15 is 0 Å². The van der Waals surface area contributed by atoms with Crippen LogP contribution < -0.4 is 5.32 Å². The summed E-state index contributed by atoms with van der Waals surface area (Å²) in [6.45, 7) is 0.683. The van der Waals surface area contributed by atoms with Gasteiger partial charge in [-0.05, 0) is 41.5 Å². The summed E-state index contributed by atoms with van der Waals surface area (Å²) < 4.78 is 5.66. The molecular weight excluding hydrogens is 420 g/mol. The Balaban J connectivity index is 1.23. The lowest BCUT2D eigenvalue weighted by Crippen LogP contribution is -2.59. The Morgan fingerprint density at radius 3 is 2.18 bits per heavy atom. The minimum absolute atomic E-state index is 0.0238. The largest absolute Gasteiger partial charge is 0.480 e. The molecule has 172 valence electrons. The SMILES string of the molecule is O=C(N[C@H]1CCCC[C@H]1C(=O)N1CCC1C(=O)O)OCC1c2ccccc2-c2ccccc21. The molecular formula is C26H28N2O5. The van der Waals surface area contributed by atoms with Crippen molar-refractivity contribution in [1.82, 2.24) is 10.2 Å². The number of amides is 2. The van der Waals surface area contributed by atoms with Crippen molar-refractivity contribution in [1.29, 1.82) is 0 Å². The average Bonchev–Trinajstić information content (AvgIpc) is 3.11. The van der Waals surface area contributed by atoms with Gasteiger partial charge in [-0.3, -0.25) is 4.79 Å². The molecule has 33 heavy (non-hydrogen) atoms. The molecule has 7 nitrogen and oxygen atoms in total. The van der Waals surface area contributed by atoms with E-state index in [-0.39, 0.29) is 24.5 Å². The molecule has 3 aliphatic rings. The number of ether oxygens (including phenoxy) is 1. The monoisotopic (exact) mass is 448 g/mol.